The molecule has 0 aliphatic rings. The number of nitrogens with two attached hydrogens (primary N) is 1. The summed E-state index contributed by atoms with van der Waals surface area (Å²) in [7, 11) is 1.54. The van der Waals surface area contributed by atoms with Crippen molar-refractivity contribution in [2.45, 2.75) is 0 Å². The molecule has 0 saturated heterocycles. The van der Waals surface area contributed by atoms with Gasteiger partial charge in [0.15, 0.2) is 0 Å². The number of fused-ring (bicyclic) bond motifs is 1. The highest BCUT2D eigenvalue weighted by molar-refractivity contribution is 6.05. The third-order valence-electron chi connectivity index (χ3n) is 2.12. The Kier molecular flexibility index (Phi) is 2.26. The van der Waals surface area contributed by atoms with Crippen molar-refractivity contribution in [1.82, 2.24) is 15.4 Å². The van der Waals surface area contributed by atoms with E-state index >= 15 is 0 Å². The van der Waals surface area contributed by atoms with E-state index in [4.69, 9.17) is 10.6 Å². The maximum Gasteiger partial charge on any atom is 0.267 e. The molecular weight excluding hydrogens is 196 g/mol. The van der Waals surface area contributed by atoms with Gasteiger partial charge < -0.3 is 9.72 Å². The minimum absolute atomic E-state index is 0.365. The number of hydrogen-bond donors (Lipinski definition) is 3. The standard InChI is InChI=1S/C9H10N4O2/c1-15-5-2-6-7(9(14)13-10)4-12-8(6)11-3-5/h2-4H,10H2,1H3,(H,11,12)(H,13,14). The third kappa shape index (κ3) is 1.50. The number of aromatic amines is 1. The Hall–Kier alpha value is -2.08. The van der Waals surface area contributed by atoms with Crippen molar-refractivity contribution in [3.63, 3.8) is 0 Å². The van der Waals surface area contributed by atoms with E-state index in [2.05, 4.69) is 15.4 Å². The molecule has 6 nitrogen and oxygen atoms in total. The highest BCUT2D eigenvalue weighted by Gasteiger charge is 2.11. The molecule has 0 aliphatic heterocycles. The third-order valence-corrected chi connectivity index (χ3v) is 2.12. The summed E-state index contributed by atoms with van der Waals surface area (Å²) in [5, 5.41) is 0.678. The van der Waals surface area contributed by atoms with E-state index in [0.29, 0.717) is 22.3 Å². The predicted molar refractivity (Wildman–Crippen MR) is 54.3 cm³/mol. The van der Waals surface area contributed by atoms with Crippen LogP contribution < -0.4 is 16.0 Å². The molecule has 0 radical (unpaired) electrons. The van der Waals surface area contributed by atoms with Gasteiger partial charge in [0.1, 0.15) is 11.4 Å². The van der Waals surface area contributed by atoms with Crippen LogP contribution in [0.3, 0.4) is 0 Å². The van der Waals surface area contributed by atoms with Crippen molar-refractivity contribution in [1.29, 1.82) is 0 Å². The van der Waals surface area contributed by atoms with Gasteiger partial charge in [-0.05, 0) is 6.07 Å². The average Bonchev–Trinajstić information content (AvgIpc) is 2.70. The molecule has 0 fully saturated rings. The number of amides is 1. The van der Waals surface area contributed by atoms with Crippen molar-refractivity contribution >= 4 is 16.9 Å². The van der Waals surface area contributed by atoms with Gasteiger partial charge in [-0.1, -0.05) is 0 Å². The molecule has 2 aromatic heterocycles. The normalized spacial score (nSPS) is 10.3. The zero-order valence-electron chi connectivity index (χ0n) is 8.07. The summed E-state index contributed by atoms with van der Waals surface area (Å²) in [6.45, 7) is 0. The van der Waals surface area contributed by atoms with Gasteiger partial charge in [0, 0.05) is 11.6 Å². The van der Waals surface area contributed by atoms with Crippen LogP contribution in [0.4, 0.5) is 0 Å². The van der Waals surface area contributed by atoms with Gasteiger partial charge in [0.2, 0.25) is 0 Å². The SMILES string of the molecule is COc1cnc2[nH]cc(C(=O)NN)c2c1. The minimum atomic E-state index is -0.365. The van der Waals surface area contributed by atoms with Gasteiger partial charge in [-0.2, -0.15) is 0 Å². The number of carbonyl (C=O) groups excluding carboxylic acids is 1. The average molecular weight is 206 g/mol. The number of methoxy groups -OCH3 is 1. The summed E-state index contributed by atoms with van der Waals surface area (Å²) in [6, 6.07) is 1.73. The number of pyridine rings is 1. The van der Waals surface area contributed by atoms with E-state index < -0.39 is 0 Å². The molecule has 78 valence electrons. The number of H-pyrrole nitrogens is 1. The second-order valence-corrected chi connectivity index (χ2v) is 2.95. The molecule has 0 bridgehead atoms. The summed E-state index contributed by atoms with van der Waals surface area (Å²) in [5.74, 6) is 5.29. The van der Waals surface area contributed by atoms with Crippen LogP contribution in [0.25, 0.3) is 11.0 Å². The quantitative estimate of drug-likeness (QED) is 0.371. The second-order valence-electron chi connectivity index (χ2n) is 2.95. The van der Waals surface area contributed by atoms with Gasteiger partial charge >= 0.3 is 0 Å². The molecule has 1 amide bonds. The molecule has 0 saturated carbocycles. The molecule has 15 heavy (non-hydrogen) atoms. The van der Waals surface area contributed by atoms with E-state index in [9.17, 15) is 4.79 Å². The molecule has 0 spiro atoms. The van der Waals surface area contributed by atoms with Crippen LogP contribution in [0.5, 0.6) is 5.75 Å². The van der Waals surface area contributed by atoms with Crippen molar-refractivity contribution in [2.75, 3.05) is 7.11 Å². The number of nitrogens with zero attached hydrogens (tertiary/aromatic N) is 1. The zero-order valence-corrected chi connectivity index (χ0v) is 8.07. The van der Waals surface area contributed by atoms with Crippen LogP contribution >= 0.6 is 0 Å². The highest BCUT2D eigenvalue weighted by Crippen LogP contribution is 2.20. The lowest BCUT2D eigenvalue weighted by Gasteiger charge is -2.00. The van der Waals surface area contributed by atoms with Crippen molar-refractivity contribution in [3.8, 4) is 5.75 Å². The number of ether oxygens (including phenoxy) is 1. The molecule has 4 N–H and O–H groups in total. The summed E-state index contributed by atoms with van der Waals surface area (Å²) in [4.78, 5) is 18.3. The lowest BCUT2D eigenvalue weighted by molar-refractivity contribution is 0.0955. The molecule has 2 rings (SSSR count). The summed E-state index contributed by atoms with van der Waals surface area (Å²) in [5.41, 5.74) is 3.13. The Bertz CT molecular complexity index is 506. The van der Waals surface area contributed by atoms with Crippen LogP contribution in [0.2, 0.25) is 0 Å². The fraction of sp³-hybridized carbons (Fsp3) is 0.111. The van der Waals surface area contributed by atoms with Crippen LogP contribution in [-0.4, -0.2) is 23.0 Å². The zero-order chi connectivity index (χ0) is 10.8. The molecule has 2 heterocycles. The summed E-state index contributed by atoms with van der Waals surface area (Å²) >= 11 is 0. The first-order chi connectivity index (χ1) is 7.26. The van der Waals surface area contributed by atoms with Crippen molar-refractivity contribution in [3.05, 3.63) is 24.0 Å². The minimum Gasteiger partial charge on any atom is -0.495 e. The predicted octanol–water partition coefficient (Wildman–Crippen LogP) is 0.175. The van der Waals surface area contributed by atoms with Crippen molar-refractivity contribution in [2.24, 2.45) is 5.84 Å². The maximum absolute atomic E-state index is 11.4. The van der Waals surface area contributed by atoms with Gasteiger partial charge in [-0.3, -0.25) is 10.2 Å². The number of nitrogens with one attached hydrogen (secondary N) is 2. The van der Waals surface area contributed by atoms with Crippen LogP contribution in [0.15, 0.2) is 18.5 Å². The van der Waals surface area contributed by atoms with E-state index in [1.54, 1.807) is 18.5 Å². The number of aromatic nitrogens is 2. The van der Waals surface area contributed by atoms with E-state index in [1.165, 1.54) is 7.11 Å². The second kappa shape index (κ2) is 3.58. The van der Waals surface area contributed by atoms with Gasteiger partial charge in [0.25, 0.3) is 5.91 Å². The largest absolute Gasteiger partial charge is 0.495 e. The number of nitrogen functional groups attached to an aromatic ring is 1. The molecule has 6 heteroatoms. The van der Waals surface area contributed by atoms with E-state index in [-0.39, 0.29) is 5.91 Å². The molecule has 2 aromatic rings. The lowest BCUT2D eigenvalue weighted by atomic mass is 10.2. The fourth-order valence-electron chi connectivity index (χ4n) is 1.36. The summed E-state index contributed by atoms with van der Waals surface area (Å²) < 4.78 is 5.02. The fourth-order valence-corrected chi connectivity index (χ4v) is 1.36. The topological polar surface area (TPSA) is 93.0 Å². The number of carbonyl (C=O) groups is 1. The highest BCUT2D eigenvalue weighted by atomic mass is 16.5. The van der Waals surface area contributed by atoms with Crippen molar-refractivity contribution < 1.29 is 9.53 Å². The van der Waals surface area contributed by atoms with E-state index in [1.807, 2.05) is 0 Å². The smallest absolute Gasteiger partial charge is 0.267 e. The first kappa shape index (κ1) is 9.47. The Morgan fingerprint density at radius 2 is 2.47 bits per heavy atom. The Morgan fingerprint density at radius 3 is 3.13 bits per heavy atom. The van der Waals surface area contributed by atoms with Gasteiger partial charge in [-0.25, -0.2) is 10.8 Å². The maximum atomic E-state index is 11.4. The van der Waals surface area contributed by atoms with E-state index in [0.717, 1.165) is 0 Å². The number of rotatable bonds is 2. The Balaban J connectivity index is 2.61. The first-order valence-electron chi connectivity index (χ1n) is 4.28. The van der Waals surface area contributed by atoms with Crippen LogP contribution in [0.1, 0.15) is 10.4 Å². The lowest BCUT2D eigenvalue weighted by Crippen LogP contribution is -2.29. The van der Waals surface area contributed by atoms with Gasteiger partial charge in [-0.15, -0.1) is 0 Å². The van der Waals surface area contributed by atoms with Crippen LogP contribution in [-0.2, 0) is 0 Å². The monoisotopic (exact) mass is 206 g/mol. The Labute approximate surface area is 85.4 Å². The summed E-state index contributed by atoms with van der Waals surface area (Å²) in [6.07, 6.45) is 3.13. The molecule has 0 atom stereocenters. The first-order valence-corrected chi connectivity index (χ1v) is 4.28. The molecule has 0 aromatic carbocycles. The molecular formula is C9H10N4O2. The Morgan fingerprint density at radius 1 is 1.67 bits per heavy atom. The molecule has 0 unspecified atom stereocenters. The number of hydrogen-bond acceptors (Lipinski definition) is 4. The number of hydrazine groups is 1. The molecule has 0 aliphatic carbocycles. The van der Waals surface area contributed by atoms with Crippen LogP contribution in [0, 0.1) is 0 Å². The van der Waals surface area contributed by atoms with Gasteiger partial charge in [0.05, 0.1) is 18.9 Å².